The smallest absolute Gasteiger partial charge is 0.0495 e. The van der Waals surface area contributed by atoms with E-state index in [-0.39, 0.29) is 6.17 Å². The Labute approximate surface area is 54.6 Å². The largest absolute Gasteiger partial charge is 0.784 e. The van der Waals surface area contributed by atoms with E-state index in [9.17, 15) is 5.21 Å². The summed E-state index contributed by atoms with van der Waals surface area (Å²) in [6, 6.07) is 0. The van der Waals surface area contributed by atoms with Gasteiger partial charge in [0.2, 0.25) is 0 Å². The SMILES string of the molecule is NCCC1NCCN1[O-]. The van der Waals surface area contributed by atoms with Crippen LogP contribution in [0.4, 0.5) is 0 Å². The van der Waals surface area contributed by atoms with E-state index in [1.165, 1.54) is 0 Å². The number of nitrogens with two attached hydrogens (primary N) is 1. The van der Waals surface area contributed by atoms with Crippen LogP contribution in [0.25, 0.3) is 0 Å². The minimum Gasteiger partial charge on any atom is -0.784 e. The monoisotopic (exact) mass is 130 g/mol. The van der Waals surface area contributed by atoms with Crippen LogP contribution in [0.3, 0.4) is 0 Å². The second-order valence-corrected chi connectivity index (χ2v) is 2.19. The molecule has 3 N–H and O–H groups in total. The van der Waals surface area contributed by atoms with Crippen LogP contribution in [0.15, 0.2) is 0 Å². The third-order valence-electron chi connectivity index (χ3n) is 1.50. The summed E-state index contributed by atoms with van der Waals surface area (Å²) in [5.41, 5.74) is 5.26. The zero-order chi connectivity index (χ0) is 6.69. The fourth-order valence-corrected chi connectivity index (χ4v) is 1.00. The number of rotatable bonds is 2. The van der Waals surface area contributed by atoms with Crippen molar-refractivity contribution in [3.8, 4) is 0 Å². The summed E-state index contributed by atoms with van der Waals surface area (Å²) in [5.74, 6) is 0. The van der Waals surface area contributed by atoms with Gasteiger partial charge in [0.25, 0.3) is 0 Å². The highest BCUT2D eigenvalue weighted by Gasteiger charge is 2.13. The van der Waals surface area contributed by atoms with Gasteiger partial charge in [0.05, 0.1) is 0 Å². The lowest BCUT2D eigenvalue weighted by molar-refractivity contribution is 0.318. The highest BCUT2D eigenvalue weighted by molar-refractivity contribution is 4.77. The van der Waals surface area contributed by atoms with Gasteiger partial charge >= 0.3 is 0 Å². The van der Waals surface area contributed by atoms with E-state index >= 15 is 0 Å². The summed E-state index contributed by atoms with van der Waals surface area (Å²) in [6.45, 7) is 1.98. The molecule has 54 valence electrons. The lowest BCUT2D eigenvalue weighted by Gasteiger charge is -2.28. The first kappa shape index (κ1) is 6.95. The molecule has 0 bridgehead atoms. The van der Waals surface area contributed by atoms with Crippen molar-refractivity contribution >= 4 is 0 Å². The molecule has 1 saturated heterocycles. The van der Waals surface area contributed by atoms with E-state index in [4.69, 9.17) is 5.73 Å². The van der Waals surface area contributed by atoms with Gasteiger partial charge in [-0.25, -0.2) is 0 Å². The van der Waals surface area contributed by atoms with Crippen LogP contribution in [0.5, 0.6) is 0 Å². The minimum absolute atomic E-state index is 0.0185. The van der Waals surface area contributed by atoms with Crippen molar-refractivity contribution in [3.63, 3.8) is 0 Å². The molecule has 0 aromatic heterocycles. The normalized spacial score (nSPS) is 29.3. The molecule has 0 radical (unpaired) electrons. The van der Waals surface area contributed by atoms with Crippen molar-refractivity contribution in [3.05, 3.63) is 5.21 Å². The topological polar surface area (TPSA) is 64.3 Å². The van der Waals surface area contributed by atoms with Gasteiger partial charge in [0, 0.05) is 12.7 Å². The number of nitrogens with one attached hydrogen (secondary N) is 1. The van der Waals surface area contributed by atoms with Crippen molar-refractivity contribution in [2.24, 2.45) is 5.73 Å². The molecule has 0 aromatic carbocycles. The molecule has 1 aliphatic heterocycles. The first-order valence-electron chi connectivity index (χ1n) is 3.22. The van der Waals surface area contributed by atoms with Gasteiger partial charge < -0.3 is 21.3 Å². The molecule has 9 heavy (non-hydrogen) atoms. The molecule has 1 fully saturated rings. The fourth-order valence-electron chi connectivity index (χ4n) is 1.00. The average molecular weight is 130 g/mol. The first-order chi connectivity index (χ1) is 4.34. The summed E-state index contributed by atoms with van der Waals surface area (Å²) in [5, 5.41) is 14.9. The fraction of sp³-hybridized carbons (Fsp3) is 1.00. The van der Waals surface area contributed by atoms with Gasteiger partial charge in [0.1, 0.15) is 0 Å². The van der Waals surface area contributed by atoms with E-state index < -0.39 is 0 Å². The summed E-state index contributed by atoms with van der Waals surface area (Å²) >= 11 is 0. The van der Waals surface area contributed by atoms with Crippen molar-refractivity contribution < 1.29 is 0 Å². The van der Waals surface area contributed by atoms with Crippen LogP contribution in [0.2, 0.25) is 0 Å². The van der Waals surface area contributed by atoms with E-state index in [2.05, 4.69) is 5.32 Å². The Balaban J connectivity index is 2.22. The Hall–Kier alpha value is -0.160. The lowest BCUT2D eigenvalue weighted by atomic mass is 10.3. The average Bonchev–Trinajstić information content (AvgIpc) is 2.18. The molecule has 1 rings (SSSR count). The predicted octanol–water partition coefficient (Wildman–Crippen LogP) is -0.936. The quantitative estimate of drug-likeness (QED) is 0.506. The zero-order valence-electron chi connectivity index (χ0n) is 5.34. The molecule has 1 heterocycles. The zero-order valence-corrected chi connectivity index (χ0v) is 5.34. The molecule has 4 nitrogen and oxygen atoms in total. The van der Waals surface area contributed by atoms with Gasteiger partial charge in [-0.2, -0.15) is 0 Å². The Bertz CT molecular complexity index is 88.3. The summed E-state index contributed by atoms with van der Waals surface area (Å²) < 4.78 is 0. The maximum Gasteiger partial charge on any atom is 0.0495 e. The summed E-state index contributed by atoms with van der Waals surface area (Å²) in [4.78, 5) is 0. The molecule has 0 amide bonds. The molecule has 1 atom stereocenters. The van der Waals surface area contributed by atoms with E-state index in [1.807, 2.05) is 0 Å². The number of nitrogens with zero attached hydrogens (tertiary/aromatic N) is 1. The predicted molar refractivity (Wildman–Crippen MR) is 35.5 cm³/mol. The van der Waals surface area contributed by atoms with Gasteiger partial charge in [-0.15, -0.1) is 0 Å². The lowest BCUT2D eigenvalue weighted by Crippen LogP contribution is -2.33. The van der Waals surface area contributed by atoms with Crippen LogP contribution >= 0.6 is 0 Å². The van der Waals surface area contributed by atoms with E-state index in [0.29, 0.717) is 13.1 Å². The van der Waals surface area contributed by atoms with Crippen molar-refractivity contribution in [1.29, 1.82) is 0 Å². The van der Waals surface area contributed by atoms with Gasteiger partial charge in [-0.1, -0.05) is 0 Å². The van der Waals surface area contributed by atoms with Crippen molar-refractivity contribution in [1.82, 2.24) is 10.4 Å². The van der Waals surface area contributed by atoms with Gasteiger partial charge in [0.15, 0.2) is 0 Å². The Morgan fingerprint density at radius 1 is 1.78 bits per heavy atom. The summed E-state index contributed by atoms with van der Waals surface area (Å²) in [7, 11) is 0. The molecular weight excluding hydrogens is 118 g/mol. The third-order valence-corrected chi connectivity index (χ3v) is 1.50. The Morgan fingerprint density at radius 3 is 3.00 bits per heavy atom. The first-order valence-corrected chi connectivity index (χ1v) is 3.22. The van der Waals surface area contributed by atoms with Crippen LogP contribution in [-0.4, -0.2) is 30.9 Å². The highest BCUT2D eigenvalue weighted by Crippen LogP contribution is 2.02. The number of hydroxylamine groups is 2. The van der Waals surface area contributed by atoms with Crippen LogP contribution in [0, 0.1) is 5.21 Å². The second-order valence-electron chi connectivity index (χ2n) is 2.19. The van der Waals surface area contributed by atoms with E-state index in [1.54, 1.807) is 0 Å². The van der Waals surface area contributed by atoms with Crippen LogP contribution in [-0.2, 0) is 0 Å². The molecule has 1 aliphatic rings. The van der Waals surface area contributed by atoms with Crippen LogP contribution in [0.1, 0.15) is 6.42 Å². The molecule has 1 unspecified atom stereocenters. The highest BCUT2D eigenvalue weighted by atomic mass is 16.5. The molecule has 0 spiro atoms. The molecule has 4 heteroatoms. The number of hydrogen-bond donors (Lipinski definition) is 2. The summed E-state index contributed by atoms with van der Waals surface area (Å²) in [6.07, 6.45) is 0.735. The minimum atomic E-state index is -0.0185. The van der Waals surface area contributed by atoms with Crippen molar-refractivity contribution in [2.75, 3.05) is 19.6 Å². The maximum atomic E-state index is 10.8. The third kappa shape index (κ3) is 1.62. The molecule has 0 aromatic rings. The number of hydrogen-bond acceptors (Lipinski definition) is 4. The van der Waals surface area contributed by atoms with E-state index in [0.717, 1.165) is 18.0 Å². The molecule has 0 saturated carbocycles. The maximum absolute atomic E-state index is 10.8. The van der Waals surface area contributed by atoms with Gasteiger partial charge in [-0.05, 0) is 19.5 Å². The molecular formula is C5H12N3O-. The standard InChI is InChI=1S/C5H12N3O/c6-2-1-5-7-3-4-8(5)9/h5,7H,1-4,6H2/q-1. The van der Waals surface area contributed by atoms with Crippen LogP contribution < -0.4 is 11.1 Å². The second kappa shape index (κ2) is 3.12. The molecule has 0 aliphatic carbocycles. The Morgan fingerprint density at radius 2 is 2.56 bits per heavy atom. The Kier molecular flexibility index (Phi) is 2.41. The van der Waals surface area contributed by atoms with Gasteiger partial charge in [-0.3, -0.25) is 0 Å². The van der Waals surface area contributed by atoms with Crippen molar-refractivity contribution in [2.45, 2.75) is 12.6 Å².